The van der Waals surface area contributed by atoms with Gasteiger partial charge in [-0.1, -0.05) is 42.3 Å². The van der Waals surface area contributed by atoms with Crippen LogP contribution in [0.3, 0.4) is 0 Å². The summed E-state index contributed by atoms with van der Waals surface area (Å²) in [5, 5.41) is 13.1. The third kappa shape index (κ3) is 3.74. The molecule has 1 aliphatic heterocycles. The average Bonchev–Trinajstić information content (AvgIpc) is 3.14. The van der Waals surface area contributed by atoms with E-state index < -0.39 is 0 Å². The summed E-state index contributed by atoms with van der Waals surface area (Å²) >= 11 is 7.45. The van der Waals surface area contributed by atoms with Crippen LogP contribution in [0.4, 0.5) is 0 Å². The van der Waals surface area contributed by atoms with E-state index in [2.05, 4.69) is 20.4 Å². The quantitative estimate of drug-likeness (QED) is 0.745. The standard InChI is InChI=1S/C18H22ClN5OS/c19-14-7-3-8-15(11-14)24-18(20-21-22-24)26-12-17(25)23-10-4-6-13-5-1-2-9-16(13)23/h3,7-8,11,13,16H,1-2,4-6,9-10,12H2/t13-,16+/m1/s1. The van der Waals surface area contributed by atoms with Gasteiger partial charge in [0.1, 0.15) is 0 Å². The Morgan fingerprint density at radius 1 is 1.23 bits per heavy atom. The number of likely N-dealkylation sites (tertiary alicyclic amines) is 1. The number of rotatable bonds is 4. The molecule has 1 aromatic heterocycles. The molecule has 26 heavy (non-hydrogen) atoms. The van der Waals surface area contributed by atoms with Crippen LogP contribution in [0.1, 0.15) is 38.5 Å². The molecule has 1 amide bonds. The number of hydrogen-bond donors (Lipinski definition) is 0. The number of hydrogen-bond acceptors (Lipinski definition) is 5. The lowest BCUT2D eigenvalue weighted by Gasteiger charge is -2.44. The number of amides is 1. The molecule has 0 unspecified atom stereocenters. The molecule has 138 valence electrons. The SMILES string of the molecule is O=C(CSc1nnnn1-c1cccc(Cl)c1)N1CCC[C@H]2CCCC[C@@H]21. The second kappa shape index (κ2) is 7.96. The molecule has 6 nitrogen and oxygen atoms in total. The van der Waals surface area contributed by atoms with Gasteiger partial charge in [0.05, 0.1) is 11.4 Å². The molecule has 1 aromatic carbocycles. The van der Waals surface area contributed by atoms with Crippen molar-refractivity contribution in [3.8, 4) is 5.69 Å². The van der Waals surface area contributed by atoms with E-state index in [1.807, 2.05) is 18.2 Å². The normalized spacial score (nSPS) is 22.9. The first-order chi connectivity index (χ1) is 12.7. The zero-order chi connectivity index (χ0) is 17.9. The maximum atomic E-state index is 12.9. The third-order valence-corrected chi connectivity index (χ3v) is 6.52. The summed E-state index contributed by atoms with van der Waals surface area (Å²) in [6, 6.07) is 7.81. The highest BCUT2D eigenvalue weighted by Gasteiger charge is 2.35. The molecule has 4 rings (SSSR count). The lowest BCUT2D eigenvalue weighted by Crippen LogP contribution is -2.50. The van der Waals surface area contributed by atoms with E-state index in [1.165, 1.54) is 37.4 Å². The van der Waals surface area contributed by atoms with Crippen molar-refractivity contribution >= 4 is 29.3 Å². The lowest BCUT2D eigenvalue weighted by atomic mass is 9.78. The Labute approximate surface area is 162 Å². The van der Waals surface area contributed by atoms with Crippen molar-refractivity contribution in [3.63, 3.8) is 0 Å². The summed E-state index contributed by atoms with van der Waals surface area (Å²) in [5.41, 5.74) is 0.794. The number of carbonyl (C=O) groups excluding carboxylic acids is 1. The van der Waals surface area contributed by atoms with E-state index in [-0.39, 0.29) is 5.91 Å². The Hall–Kier alpha value is -1.60. The van der Waals surface area contributed by atoms with Crippen molar-refractivity contribution in [2.45, 2.75) is 49.7 Å². The van der Waals surface area contributed by atoms with Gasteiger partial charge in [-0.15, -0.1) is 5.10 Å². The molecule has 0 spiro atoms. The van der Waals surface area contributed by atoms with Gasteiger partial charge in [-0.3, -0.25) is 4.79 Å². The first kappa shape index (κ1) is 17.8. The van der Waals surface area contributed by atoms with E-state index in [4.69, 9.17) is 11.6 Å². The van der Waals surface area contributed by atoms with Gasteiger partial charge in [0.15, 0.2) is 0 Å². The summed E-state index contributed by atoms with van der Waals surface area (Å²) in [6.45, 7) is 0.889. The van der Waals surface area contributed by atoms with Gasteiger partial charge < -0.3 is 4.90 Å². The number of nitrogens with zero attached hydrogens (tertiary/aromatic N) is 5. The van der Waals surface area contributed by atoms with Crippen LogP contribution < -0.4 is 0 Å². The molecule has 1 saturated carbocycles. The zero-order valence-corrected chi connectivity index (χ0v) is 16.1. The average molecular weight is 392 g/mol. The lowest BCUT2D eigenvalue weighted by molar-refractivity contribution is -0.134. The van der Waals surface area contributed by atoms with E-state index in [0.29, 0.717) is 27.9 Å². The number of fused-ring (bicyclic) bond motifs is 1. The van der Waals surface area contributed by atoms with Crippen LogP contribution in [0.15, 0.2) is 29.4 Å². The minimum absolute atomic E-state index is 0.201. The Balaban J connectivity index is 1.43. The molecular formula is C18H22ClN5OS. The van der Waals surface area contributed by atoms with Gasteiger partial charge in [-0.2, -0.15) is 4.68 Å². The van der Waals surface area contributed by atoms with Gasteiger partial charge in [-0.25, -0.2) is 0 Å². The minimum Gasteiger partial charge on any atom is -0.339 e. The fraction of sp³-hybridized carbons (Fsp3) is 0.556. The van der Waals surface area contributed by atoms with Gasteiger partial charge in [-0.05, 0) is 60.2 Å². The van der Waals surface area contributed by atoms with Crippen LogP contribution in [0.25, 0.3) is 5.69 Å². The maximum absolute atomic E-state index is 12.9. The Kier molecular flexibility index (Phi) is 5.45. The van der Waals surface area contributed by atoms with Crippen molar-refractivity contribution in [3.05, 3.63) is 29.3 Å². The molecule has 0 bridgehead atoms. The fourth-order valence-electron chi connectivity index (χ4n) is 4.18. The van der Waals surface area contributed by atoms with Crippen molar-refractivity contribution in [1.82, 2.24) is 25.1 Å². The second-order valence-electron chi connectivity index (χ2n) is 6.98. The number of halogens is 1. The molecule has 2 heterocycles. The second-order valence-corrected chi connectivity index (χ2v) is 8.36. The predicted octanol–water partition coefficient (Wildman–Crippen LogP) is 3.59. The van der Waals surface area contributed by atoms with Crippen LogP contribution in [-0.2, 0) is 4.79 Å². The molecule has 2 atom stereocenters. The van der Waals surface area contributed by atoms with Crippen molar-refractivity contribution in [2.75, 3.05) is 12.3 Å². The molecule has 2 aromatic rings. The summed E-state index contributed by atoms with van der Waals surface area (Å²) in [5.74, 6) is 1.26. The van der Waals surface area contributed by atoms with Crippen LogP contribution in [0.5, 0.6) is 0 Å². The van der Waals surface area contributed by atoms with Crippen LogP contribution in [-0.4, -0.2) is 49.4 Å². The Morgan fingerprint density at radius 3 is 2.96 bits per heavy atom. The predicted molar refractivity (Wildman–Crippen MR) is 102 cm³/mol. The number of tetrazole rings is 1. The Bertz CT molecular complexity index is 780. The topological polar surface area (TPSA) is 63.9 Å². The first-order valence-corrected chi connectivity index (χ1v) is 10.6. The summed E-state index contributed by atoms with van der Waals surface area (Å²) < 4.78 is 1.63. The molecule has 2 fully saturated rings. The highest BCUT2D eigenvalue weighted by atomic mass is 35.5. The molecular weight excluding hydrogens is 370 g/mol. The molecule has 0 N–H and O–H groups in total. The smallest absolute Gasteiger partial charge is 0.233 e. The van der Waals surface area contributed by atoms with Crippen molar-refractivity contribution in [1.29, 1.82) is 0 Å². The van der Waals surface area contributed by atoms with E-state index in [9.17, 15) is 4.79 Å². The van der Waals surface area contributed by atoms with Gasteiger partial charge in [0.2, 0.25) is 11.1 Å². The molecule has 1 saturated heterocycles. The number of aromatic nitrogens is 4. The highest BCUT2D eigenvalue weighted by molar-refractivity contribution is 7.99. The van der Waals surface area contributed by atoms with Gasteiger partial charge in [0, 0.05) is 17.6 Å². The van der Waals surface area contributed by atoms with E-state index in [0.717, 1.165) is 25.1 Å². The number of carbonyl (C=O) groups is 1. The zero-order valence-electron chi connectivity index (χ0n) is 14.6. The fourth-order valence-corrected chi connectivity index (χ4v) is 5.14. The van der Waals surface area contributed by atoms with E-state index in [1.54, 1.807) is 10.7 Å². The number of piperidine rings is 1. The van der Waals surface area contributed by atoms with Crippen LogP contribution in [0, 0.1) is 5.92 Å². The molecule has 1 aliphatic carbocycles. The molecule has 2 aliphatic rings. The highest BCUT2D eigenvalue weighted by Crippen LogP contribution is 2.35. The molecule has 0 radical (unpaired) electrons. The summed E-state index contributed by atoms with van der Waals surface area (Å²) in [7, 11) is 0. The van der Waals surface area contributed by atoms with Gasteiger partial charge >= 0.3 is 0 Å². The monoisotopic (exact) mass is 391 g/mol. The van der Waals surface area contributed by atoms with E-state index >= 15 is 0 Å². The van der Waals surface area contributed by atoms with Crippen molar-refractivity contribution in [2.24, 2.45) is 5.92 Å². The van der Waals surface area contributed by atoms with Crippen molar-refractivity contribution < 1.29 is 4.79 Å². The summed E-state index contributed by atoms with van der Waals surface area (Å²) in [4.78, 5) is 15.0. The molecule has 8 heteroatoms. The van der Waals surface area contributed by atoms with Crippen LogP contribution in [0.2, 0.25) is 5.02 Å². The summed E-state index contributed by atoms with van der Waals surface area (Å²) in [6.07, 6.45) is 7.37. The third-order valence-electron chi connectivity index (χ3n) is 5.38. The largest absolute Gasteiger partial charge is 0.339 e. The maximum Gasteiger partial charge on any atom is 0.233 e. The first-order valence-electron chi connectivity index (χ1n) is 9.19. The number of benzene rings is 1. The van der Waals surface area contributed by atoms with Gasteiger partial charge in [0.25, 0.3) is 0 Å². The van der Waals surface area contributed by atoms with Crippen LogP contribution >= 0.6 is 23.4 Å². The minimum atomic E-state index is 0.201. The Morgan fingerprint density at radius 2 is 2.08 bits per heavy atom. The number of thioether (sulfide) groups is 1.